The van der Waals surface area contributed by atoms with Crippen molar-refractivity contribution >= 4 is 32.5 Å². The molecule has 0 saturated carbocycles. The van der Waals surface area contributed by atoms with Crippen molar-refractivity contribution in [1.82, 2.24) is 9.29 Å². The first kappa shape index (κ1) is 15.7. The van der Waals surface area contributed by atoms with Gasteiger partial charge < -0.3 is 4.98 Å². The van der Waals surface area contributed by atoms with E-state index in [1.54, 1.807) is 23.4 Å². The van der Waals surface area contributed by atoms with Gasteiger partial charge in [0.15, 0.2) is 0 Å². The molecular formula is C18H17ClN2O2S. The Labute approximate surface area is 146 Å². The molecule has 0 amide bonds. The molecule has 2 aromatic carbocycles. The lowest BCUT2D eigenvalue weighted by Crippen LogP contribution is -2.36. The van der Waals surface area contributed by atoms with Crippen LogP contribution in [0.1, 0.15) is 16.8 Å². The normalized spacial score (nSPS) is 15.6. The second-order valence-electron chi connectivity index (χ2n) is 6.13. The Balaban J connectivity index is 1.77. The van der Waals surface area contributed by atoms with E-state index in [1.165, 1.54) is 6.07 Å². The van der Waals surface area contributed by atoms with Crippen LogP contribution in [0.4, 0.5) is 0 Å². The highest BCUT2D eigenvalue weighted by Crippen LogP contribution is 2.31. The molecule has 1 aliphatic heterocycles. The molecule has 6 heteroatoms. The molecule has 1 aromatic heterocycles. The average molecular weight is 361 g/mol. The first-order valence-corrected chi connectivity index (χ1v) is 9.63. The third-order valence-corrected chi connectivity index (χ3v) is 6.84. The van der Waals surface area contributed by atoms with E-state index in [0.29, 0.717) is 35.0 Å². The lowest BCUT2D eigenvalue weighted by atomic mass is 10.1. The smallest absolute Gasteiger partial charge is 0.243 e. The molecule has 0 unspecified atom stereocenters. The van der Waals surface area contributed by atoms with Crippen molar-refractivity contribution in [2.45, 2.75) is 24.8 Å². The zero-order valence-electron chi connectivity index (χ0n) is 13.2. The second kappa shape index (κ2) is 5.62. The maximum atomic E-state index is 13.1. The topological polar surface area (TPSA) is 53.2 Å². The molecule has 0 fully saturated rings. The van der Waals surface area contributed by atoms with Crippen LogP contribution in [0, 0.1) is 6.92 Å². The van der Waals surface area contributed by atoms with Gasteiger partial charge in [0.25, 0.3) is 0 Å². The molecule has 3 aromatic rings. The highest BCUT2D eigenvalue weighted by Gasteiger charge is 2.31. The van der Waals surface area contributed by atoms with Crippen LogP contribution >= 0.6 is 11.6 Å². The number of sulfonamides is 1. The Kier molecular flexibility index (Phi) is 3.67. The van der Waals surface area contributed by atoms with Crippen molar-refractivity contribution in [3.8, 4) is 0 Å². The lowest BCUT2D eigenvalue weighted by Gasteiger charge is -2.27. The fourth-order valence-electron chi connectivity index (χ4n) is 3.34. The molecule has 4 rings (SSSR count). The van der Waals surface area contributed by atoms with E-state index in [4.69, 9.17) is 11.6 Å². The zero-order chi connectivity index (χ0) is 16.9. The maximum Gasteiger partial charge on any atom is 0.243 e. The number of halogens is 1. The van der Waals surface area contributed by atoms with Crippen LogP contribution in [0.25, 0.3) is 10.9 Å². The quantitative estimate of drug-likeness (QED) is 0.754. The first-order valence-electron chi connectivity index (χ1n) is 7.81. The standard InChI is InChI=1S/C18H17ClN2O2S/c1-12-6-7-13(19)10-18(12)24(22,23)21-9-8-17-15(11-21)14-4-2-3-5-16(14)20-17/h2-7,10,20H,8-9,11H2,1H3. The second-order valence-corrected chi connectivity index (χ2v) is 8.47. The van der Waals surface area contributed by atoms with Gasteiger partial charge >= 0.3 is 0 Å². The van der Waals surface area contributed by atoms with Gasteiger partial charge in [0.2, 0.25) is 10.0 Å². The minimum Gasteiger partial charge on any atom is -0.358 e. The highest BCUT2D eigenvalue weighted by molar-refractivity contribution is 7.89. The number of H-pyrrole nitrogens is 1. The maximum absolute atomic E-state index is 13.1. The Morgan fingerprint density at radius 3 is 2.79 bits per heavy atom. The number of aromatic amines is 1. The molecule has 0 atom stereocenters. The van der Waals surface area contributed by atoms with Crippen molar-refractivity contribution in [1.29, 1.82) is 0 Å². The molecule has 1 N–H and O–H groups in total. The summed E-state index contributed by atoms with van der Waals surface area (Å²) >= 11 is 6.02. The van der Waals surface area contributed by atoms with Crippen molar-refractivity contribution in [3.63, 3.8) is 0 Å². The van der Waals surface area contributed by atoms with Gasteiger partial charge in [-0.1, -0.05) is 35.9 Å². The average Bonchev–Trinajstić information content (AvgIpc) is 2.94. The summed E-state index contributed by atoms with van der Waals surface area (Å²) in [7, 11) is -3.57. The molecule has 0 saturated heterocycles. The number of rotatable bonds is 2. The van der Waals surface area contributed by atoms with Gasteiger partial charge in [0.1, 0.15) is 0 Å². The van der Waals surface area contributed by atoms with E-state index in [1.807, 2.05) is 24.3 Å². The SMILES string of the molecule is Cc1ccc(Cl)cc1S(=O)(=O)N1CCc2[nH]c3ccccc3c2C1. The van der Waals surface area contributed by atoms with Gasteiger partial charge in [0, 0.05) is 41.1 Å². The van der Waals surface area contributed by atoms with E-state index < -0.39 is 10.0 Å². The van der Waals surface area contributed by atoms with Crippen molar-refractivity contribution < 1.29 is 8.42 Å². The molecule has 2 heterocycles. The van der Waals surface area contributed by atoms with Gasteiger partial charge in [0.05, 0.1) is 4.90 Å². The van der Waals surface area contributed by atoms with Crippen LogP contribution in [-0.4, -0.2) is 24.3 Å². The Bertz CT molecular complexity index is 1040. The monoisotopic (exact) mass is 360 g/mol. The summed E-state index contributed by atoms with van der Waals surface area (Å²) < 4.78 is 27.7. The van der Waals surface area contributed by atoms with Crippen molar-refractivity contribution in [3.05, 3.63) is 64.3 Å². The van der Waals surface area contributed by atoms with Gasteiger partial charge in [-0.05, 0) is 36.2 Å². The fraction of sp³-hybridized carbons (Fsp3) is 0.222. The lowest BCUT2D eigenvalue weighted by molar-refractivity contribution is 0.391. The molecule has 0 radical (unpaired) electrons. The third kappa shape index (κ3) is 2.44. The molecule has 0 bridgehead atoms. The van der Waals surface area contributed by atoms with Crippen LogP contribution in [-0.2, 0) is 23.0 Å². The summed E-state index contributed by atoms with van der Waals surface area (Å²) in [6, 6.07) is 13.0. The number of para-hydroxylation sites is 1. The van der Waals surface area contributed by atoms with Gasteiger partial charge in [-0.3, -0.25) is 0 Å². The predicted octanol–water partition coefficient (Wildman–Crippen LogP) is 3.88. The Morgan fingerprint density at radius 2 is 1.96 bits per heavy atom. The van der Waals surface area contributed by atoms with Crippen molar-refractivity contribution in [2.24, 2.45) is 0 Å². The molecule has 124 valence electrons. The molecule has 4 nitrogen and oxygen atoms in total. The molecule has 0 aliphatic carbocycles. The summed E-state index contributed by atoms with van der Waals surface area (Å²) in [5.74, 6) is 0. The minimum atomic E-state index is -3.57. The van der Waals surface area contributed by atoms with Gasteiger partial charge in [-0.15, -0.1) is 0 Å². The predicted molar refractivity (Wildman–Crippen MR) is 95.8 cm³/mol. The van der Waals surface area contributed by atoms with E-state index in [0.717, 1.165) is 22.2 Å². The molecular weight excluding hydrogens is 344 g/mol. The zero-order valence-corrected chi connectivity index (χ0v) is 14.8. The number of benzene rings is 2. The van der Waals surface area contributed by atoms with E-state index in [-0.39, 0.29) is 0 Å². The summed E-state index contributed by atoms with van der Waals surface area (Å²) in [4.78, 5) is 3.70. The van der Waals surface area contributed by atoms with E-state index >= 15 is 0 Å². The van der Waals surface area contributed by atoms with Crippen LogP contribution in [0.5, 0.6) is 0 Å². The summed E-state index contributed by atoms with van der Waals surface area (Å²) in [5.41, 5.74) is 3.97. The number of fused-ring (bicyclic) bond motifs is 3. The molecule has 0 spiro atoms. The number of nitrogens with one attached hydrogen (secondary N) is 1. The van der Waals surface area contributed by atoms with Crippen LogP contribution in [0.2, 0.25) is 5.02 Å². The number of nitrogens with zero attached hydrogens (tertiary/aromatic N) is 1. The Morgan fingerprint density at radius 1 is 1.17 bits per heavy atom. The van der Waals surface area contributed by atoms with Crippen LogP contribution in [0.3, 0.4) is 0 Å². The first-order chi connectivity index (χ1) is 11.5. The third-order valence-electron chi connectivity index (χ3n) is 4.62. The Hall–Kier alpha value is -1.82. The number of hydrogen-bond donors (Lipinski definition) is 1. The van der Waals surface area contributed by atoms with Crippen LogP contribution in [0.15, 0.2) is 47.4 Å². The van der Waals surface area contributed by atoms with Crippen LogP contribution < -0.4 is 0 Å². The summed E-state index contributed by atoms with van der Waals surface area (Å²) in [6.45, 7) is 2.64. The van der Waals surface area contributed by atoms with E-state index in [9.17, 15) is 8.42 Å². The van der Waals surface area contributed by atoms with Gasteiger partial charge in [-0.2, -0.15) is 4.31 Å². The van der Waals surface area contributed by atoms with Gasteiger partial charge in [-0.25, -0.2) is 8.42 Å². The minimum absolute atomic E-state index is 0.290. The largest absolute Gasteiger partial charge is 0.358 e. The number of aryl methyl sites for hydroxylation is 1. The molecule has 1 aliphatic rings. The molecule has 24 heavy (non-hydrogen) atoms. The van der Waals surface area contributed by atoms with E-state index in [2.05, 4.69) is 4.98 Å². The number of hydrogen-bond acceptors (Lipinski definition) is 2. The highest BCUT2D eigenvalue weighted by atomic mass is 35.5. The summed E-state index contributed by atoms with van der Waals surface area (Å²) in [6.07, 6.45) is 0.683. The van der Waals surface area contributed by atoms with Crippen molar-refractivity contribution in [2.75, 3.05) is 6.54 Å². The summed E-state index contributed by atoms with van der Waals surface area (Å²) in [5, 5.41) is 1.53. The number of aromatic nitrogens is 1. The fourth-order valence-corrected chi connectivity index (χ4v) is 5.23.